The summed E-state index contributed by atoms with van der Waals surface area (Å²) in [5, 5.41) is 13.2. The van der Waals surface area contributed by atoms with Gasteiger partial charge in [0.25, 0.3) is 0 Å². The molecule has 2 atom stereocenters. The van der Waals surface area contributed by atoms with Crippen LogP contribution in [0.5, 0.6) is 0 Å². The van der Waals surface area contributed by atoms with Gasteiger partial charge in [0, 0.05) is 0 Å². The molecule has 0 aliphatic rings. The first-order chi connectivity index (χ1) is 8.03. The third kappa shape index (κ3) is 6.72. The van der Waals surface area contributed by atoms with Crippen LogP contribution in [0.15, 0.2) is 0 Å². The Hall–Kier alpha value is -1.79. The number of amides is 2. The lowest BCUT2D eigenvalue weighted by atomic mass is 10.2. The van der Waals surface area contributed by atoms with E-state index in [-0.39, 0.29) is 0 Å². The molecule has 2 unspecified atom stereocenters. The minimum absolute atomic E-state index is 0.587. The lowest BCUT2D eigenvalue weighted by Crippen LogP contribution is -2.50. The van der Waals surface area contributed by atoms with Gasteiger partial charge in [0.15, 0.2) is 0 Å². The summed E-state index contributed by atoms with van der Waals surface area (Å²) in [6.07, 6.45) is -0.729. The fourth-order valence-corrected chi connectivity index (χ4v) is 0.950. The third-order valence-electron chi connectivity index (χ3n) is 1.86. The standard InChI is InChI=1S/C11H20N2O5/c1-6(8(14)12-7(2)9(15)16)13-10(17)18-11(3,4)5/h6-7H,1-5H3,(H,12,14)(H,13,17)(H,15,16). The molecule has 0 saturated carbocycles. The number of nitrogens with one attached hydrogen (secondary N) is 2. The first kappa shape index (κ1) is 16.2. The highest BCUT2D eigenvalue weighted by Crippen LogP contribution is 2.06. The van der Waals surface area contributed by atoms with Gasteiger partial charge in [-0.25, -0.2) is 4.79 Å². The van der Waals surface area contributed by atoms with Crippen LogP contribution < -0.4 is 10.6 Å². The molecule has 0 aromatic heterocycles. The number of alkyl carbamates (subject to hydrolysis) is 1. The number of carboxylic acids is 1. The first-order valence-electron chi connectivity index (χ1n) is 5.55. The second-order valence-corrected chi connectivity index (χ2v) is 4.94. The molecule has 0 bridgehead atoms. The van der Waals surface area contributed by atoms with Crippen LogP contribution in [-0.2, 0) is 14.3 Å². The zero-order valence-electron chi connectivity index (χ0n) is 11.2. The largest absolute Gasteiger partial charge is 0.480 e. The van der Waals surface area contributed by atoms with Gasteiger partial charge in [-0.15, -0.1) is 0 Å². The summed E-state index contributed by atoms with van der Waals surface area (Å²) in [5.41, 5.74) is -0.658. The van der Waals surface area contributed by atoms with E-state index in [0.29, 0.717) is 0 Å². The molecule has 0 radical (unpaired) electrons. The van der Waals surface area contributed by atoms with E-state index in [1.807, 2.05) is 0 Å². The molecule has 0 rings (SSSR count). The van der Waals surface area contributed by atoms with E-state index in [9.17, 15) is 14.4 Å². The average molecular weight is 260 g/mol. The molecule has 0 fully saturated rings. The summed E-state index contributed by atoms with van der Waals surface area (Å²) in [4.78, 5) is 33.4. The van der Waals surface area contributed by atoms with Crippen LogP contribution in [0.25, 0.3) is 0 Å². The molecule has 7 nitrogen and oxygen atoms in total. The van der Waals surface area contributed by atoms with Crippen LogP contribution >= 0.6 is 0 Å². The fourth-order valence-electron chi connectivity index (χ4n) is 0.950. The Morgan fingerprint density at radius 1 is 1.06 bits per heavy atom. The molecular formula is C11H20N2O5. The molecule has 3 N–H and O–H groups in total. The number of rotatable bonds is 4. The van der Waals surface area contributed by atoms with Crippen molar-refractivity contribution in [3.63, 3.8) is 0 Å². The van der Waals surface area contributed by atoms with E-state index in [1.165, 1.54) is 13.8 Å². The summed E-state index contributed by atoms with van der Waals surface area (Å²) < 4.78 is 4.96. The highest BCUT2D eigenvalue weighted by Gasteiger charge is 2.23. The van der Waals surface area contributed by atoms with Crippen molar-refractivity contribution < 1.29 is 24.2 Å². The normalized spacial score (nSPS) is 14.3. The van der Waals surface area contributed by atoms with Gasteiger partial charge in [0.05, 0.1) is 0 Å². The maximum Gasteiger partial charge on any atom is 0.408 e. The Kier molecular flexibility index (Phi) is 5.61. The minimum atomic E-state index is -1.15. The highest BCUT2D eigenvalue weighted by atomic mass is 16.6. The van der Waals surface area contributed by atoms with Crippen LogP contribution in [0.4, 0.5) is 4.79 Å². The van der Waals surface area contributed by atoms with Crippen LogP contribution in [-0.4, -0.2) is 40.8 Å². The molecule has 0 saturated heterocycles. The molecule has 18 heavy (non-hydrogen) atoms. The number of hydrogen-bond donors (Lipinski definition) is 3. The van der Waals surface area contributed by atoms with Crippen molar-refractivity contribution in [1.82, 2.24) is 10.6 Å². The molecule has 0 aromatic carbocycles. The molecule has 7 heteroatoms. The molecule has 0 aliphatic carbocycles. The summed E-state index contributed by atoms with van der Waals surface area (Å²) in [5.74, 6) is -1.73. The molecule has 104 valence electrons. The van der Waals surface area contributed by atoms with Gasteiger partial charge in [-0.05, 0) is 34.6 Å². The number of carbonyl (C=O) groups excluding carboxylic acids is 2. The van der Waals surface area contributed by atoms with E-state index in [4.69, 9.17) is 9.84 Å². The number of aliphatic carboxylic acids is 1. The average Bonchev–Trinajstić information content (AvgIpc) is 2.13. The predicted octanol–water partition coefficient (Wildman–Crippen LogP) is 0.489. The van der Waals surface area contributed by atoms with Crippen molar-refractivity contribution in [2.75, 3.05) is 0 Å². The lowest BCUT2D eigenvalue weighted by Gasteiger charge is -2.22. The number of carboxylic acid groups (broad SMARTS) is 1. The van der Waals surface area contributed by atoms with Crippen LogP contribution in [0, 0.1) is 0 Å². The SMILES string of the molecule is CC(NC(=O)C(C)NC(=O)OC(C)(C)C)C(=O)O. The van der Waals surface area contributed by atoms with Gasteiger partial charge in [0.2, 0.25) is 5.91 Å². The summed E-state index contributed by atoms with van der Waals surface area (Å²) >= 11 is 0. The molecule has 2 amide bonds. The van der Waals surface area contributed by atoms with Crippen LogP contribution in [0.1, 0.15) is 34.6 Å². The van der Waals surface area contributed by atoms with E-state index >= 15 is 0 Å². The first-order valence-corrected chi connectivity index (χ1v) is 5.55. The number of hydrogen-bond acceptors (Lipinski definition) is 4. The summed E-state index contributed by atoms with van der Waals surface area (Å²) in [7, 11) is 0. The van der Waals surface area contributed by atoms with Gasteiger partial charge >= 0.3 is 12.1 Å². The van der Waals surface area contributed by atoms with E-state index in [0.717, 1.165) is 0 Å². The van der Waals surface area contributed by atoms with Crippen molar-refractivity contribution in [3.05, 3.63) is 0 Å². The van der Waals surface area contributed by atoms with Crippen LogP contribution in [0.2, 0.25) is 0 Å². The Bertz CT molecular complexity index is 335. The predicted molar refractivity (Wildman–Crippen MR) is 64.1 cm³/mol. The van der Waals surface area contributed by atoms with Gasteiger partial charge in [-0.2, -0.15) is 0 Å². The number of ether oxygens (including phenoxy) is 1. The molecule has 0 aromatic rings. The minimum Gasteiger partial charge on any atom is -0.480 e. The second kappa shape index (κ2) is 6.23. The Morgan fingerprint density at radius 2 is 1.56 bits per heavy atom. The monoisotopic (exact) mass is 260 g/mol. The van der Waals surface area contributed by atoms with Crippen molar-refractivity contribution in [2.45, 2.75) is 52.3 Å². The molecule has 0 aliphatic heterocycles. The molecule has 0 spiro atoms. The zero-order valence-corrected chi connectivity index (χ0v) is 11.2. The van der Waals surface area contributed by atoms with Crippen molar-refractivity contribution >= 4 is 18.0 Å². The van der Waals surface area contributed by atoms with E-state index in [2.05, 4.69) is 10.6 Å². The Morgan fingerprint density at radius 3 is 1.94 bits per heavy atom. The van der Waals surface area contributed by atoms with Gasteiger partial charge in [-0.3, -0.25) is 9.59 Å². The number of carbonyl (C=O) groups is 3. The topological polar surface area (TPSA) is 105 Å². The second-order valence-electron chi connectivity index (χ2n) is 4.94. The Labute approximate surface area is 106 Å². The third-order valence-corrected chi connectivity index (χ3v) is 1.86. The van der Waals surface area contributed by atoms with Gasteiger partial charge in [0.1, 0.15) is 17.7 Å². The Balaban J connectivity index is 4.24. The van der Waals surface area contributed by atoms with E-state index < -0.39 is 35.7 Å². The quantitative estimate of drug-likeness (QED) is 0.682. The molecule has 0 heterocycles. The lowest BCUT2D eigenvalue weighted by molar-refractivity contribution is -0.141. The highest BCUT2D eigenvalue weighted by molar-refractivity contribution is 5.88. The van der Waals surface area contributed by atoms with Crippen LogP contribution in [0.3, 0.4) is 0 Å². The van der Waals surface area contributed by atoms with Gasteiger partial charge < -0.3 is 20.5 Å². The maximum atomic E-state index is 11.5. The van der Waals surface area contributed by atoms with Crippen molar-refractivity contribution in [3.8, 4) is 0 Å². The van der Waals surface area contributed by atoms with Crippen molar-refractivity contribution in [1.29, 1.82) is 0 Å². The van der Waals surface area contributed by atoms with Crippen molar-refractivity contribution in [2.24, 2.45) is 0 Å². The summed E-state index contributed by atoms with van der Waals surface area (Å²) in [6, 6.07) is -1.89. The molecular weight excluding hydrogens is 240 g/mol. The van der Waals surface area contributed by atoms with E-state index in [1.54, 1.807) is 20.8 Å². The summed E-state index contributed by atoms with van der Waals surface area (Å²) in [6.45, 7) is 7.87. The van der Waals surface area contributed by atoms with Gasteiger partial charge in [-0.1, -0.05) is 0 Å². The smallest absolute Gasteiger partial charge is 0.408 e. The zero-order chi connectivity index (χ0) is 14.5. The fraction of sp³-hybridized carbons (Fsp3) is 0.727. The maximum absolute atomic E-state index is 11.5.